The van der Waals surface area contributed by atoms with Gasteiger partial charge in [0, 0.05) is 36.8 Å². The maximum atomic E-state index is 11.7. The van der Waals surface area contributed by atoms with Crippen molar-refractivity contribution in [2.45, 2.75) is 71.5 Å². The first-order valence-corrected chi connectivity index (χ1v) is 12.3. The molecule has 1 saturated heterocycles. The van der Waals surface area contributed by atoms with Crippen LogP contribution in [0.4, 0.5) is 0 Å². The van der Waals surface area contributed by atoms with Crippen molar-refractivity contribution >= 4 is 18.0 Å². The van der Waals surface area contributed by atoms with Crippen LogP contribution in [0.3, 0.4) is 0 Å². The lowest BCUT2D eigenvalue weighted by molar-refractivity contribution is -0.162. The van der Waals surface area contributed by atoms with E-state index in [1.165, 1.54) is 13.2 Å². The van der Waals surface area contributed by atoms with Gasteiger partial charge in [-0.05, 0) is 77.0 Å². The van der Waals surface area contributed by atoms with E-state index in [1.54, 1.807) is 19.9 Å². The van der Waals surface area contributed by atoms with Crippen LogP contribution in [0.25, 0.3) is 6.08 Å². The minimum absolute atomic E-state index is 0.0584. The molecule has 35 heavy (non-hydrogen) atoms. The quantitative estimate of drug-likeness (QED) is 0.177. The molecule has 1 heterocycles. The van der Waals surface area contributed by atoms with Gasteiger partial charge < -0.3 is 24.1 Å². The summed E-state index contributed by atoms with van der Waals surface area (Å²) in [6.07, 6.45) is 9.81. The van der Waals surface area contributed by atoms with Crippen molar-refractivity contribution in [3.63, 3.8) is 0 Å². The second-order valence-electron chi connectivity index (χ2n) is 9.14. The minimum atomic E-state index is -0.828. The predicted octanol–water partition coefficient (Wildman–Crippen LogP) is 5.21. The maximum absolute atomic E-state index is 11.7. The number of aliphatic carboxylic acids is 1. The third kappa shape index (κ3) is 10.5. The van der Waals surface area contributed by atoms with Crippen LogP contribution in [0, 0.1) is 17.3 Å². The molecule has 0 amide bonds. The van der Waals surface area contributed by atoms with Crippen molar-refractivity contribution in [1.82, 2.24) is 0 Å². The van der Waals surface area contributed by atoms with Crippen LogP contribution in [0.5, 0.6) is 5.75 Å². The van der Waals surface area contributed by atoms with Gasteiger partial charge in [0.05, 0.1) is 19.1 Å². The Balaban J connectivity index is 1.94. The van der Waals surface area contributed by atoms with Gasteiger partial charge in [0.2, 0.25) is 0 Å². The summed E-state index contributed by atoms with van der Waals surface area (Å²) < 4.78 is 22.0. The Kier molecular flexibility index (Phi) is 12.4. The summed E-state index contributed by atoms with van der Waals surface area (Å²) in [4.78, 5) is 23.0. The van der Waals surface area contributed by atoms with Gasteiger partial charge in [-0.25, -0.2) is 4.79 Å². The van der Waals surface area contributed by atoms with Crippen LogP contribution in [0.2, 0.25) is 0 Å². The van der Waals surface area contributed by atoms with Gasteiger partial charge in [0.25, 0.3) is 0 Å². The predicted molar refractivity (Wildman–Crippen MR) is 134 cm³/mol. The smallest absolute Gasteiger partial charge is 0.330 e. The van der Waals surface area contributed by atoms with E-state index in [9.17, 15) is 14.7 Å². The van der Waals surface area contributed by atoms with Crippen molar-refractivity contribution in [2.24, 2.45) is 5.41 Å². The molecule has 7 nitrogen and oxygen atoms in total. The number of carboxylic acids is 1. The highest BCUT2D eigenvalue weighted by Crippen LogP contribution is 2.26. The van der Waals surface area contributed by atoms with E-state index in [0.717, 1.165) is 50.7 Å². The molecule has 0 spiro atoms. The number of hydrogen-bond acceptors (Lipinski definition) is 6. The summed E-state index contributed by atoms with van der Waals surface area (Å²) in [5.74, 6) is 5.68. The molecule has 1 fully saturated rings. The second-order valence-corrected chi connectivity index (χ2v) is 9.14. The fraction of sp³-hybridized carbons (Fsp3) is 0.571. The number of ether oxygens (including phenoxy) is 4. The molecule has 2 rings (SSSR count). The van der Waals surface area contributed by atoms with Gasteiger partial charge in [0.1, 0.15) is 5.75 Å². The van der Waals surface area contributed by atoms with Crippen LogP contribution in [0.1, 0.15) is 76.3 Å². The molecule has 0 bridgehead atoms. The number of rotatable bonds is 13. The molecule has 7 heteroatoms. The number of benzene rings is 1. The Bertz CT molecular complexity index is 902. The van der Waals surface area contributed by atoms with Gasteiger partial charge in [-0.1, -0.05) is 17.9 Å². The molecule has 0 aromatic heterocycles. The molecule has 1 aromatic carbocycles. The van der Waals surface area contributed by atoms with Crippen molar-refractivity contribution in [3.05, 3.63) is 35.4 Å². The van der Waals surface area contributed by atoms with Crippen molar-refractivity contribution in [1.29, 1.82) is 0 Å². The molecular weight excluding hydrogens is 448 g/mol. The molecule has 1 atom stereocenters. The molecule has 0 aliphatic carbocycles. The average molecular weight is 487 g/mol. The zero-order valence-electron chi connectivity index (χ0n) is 21.1. The van der Waals surface area contributed by atoms with Gasteiger partial charge in [0.15, 0.2) is 6.29 Å². The lowest BCUT2D eigenvalue weighted by atomic mass is 9.88. The Morgan fingerprint density at radius 1 is 1.20 bits per heavy atom. The van der Waals surface area contributed by atoms with E-state index in [0.29, 0.717) is 37.4 Å². The van der Waals surface area contributed by atoms with Crippen LogP contribution < -0.4 is 4.74 Å². The summed E-state index contributed by atoms with van der Waals surface area (Å²) in [6.45, 7) is 5.21. The van der Waals surface area contributed by atoms with Crippen LogP contribution in [-0.2, 0) is 23.8 Å². The first kappa shape index (κ1) is 28.4. The summed E-state index contributed by atoms with van der Waals surface area (Å²) in [7, 11) is 1.32. The average Bonchev–Trinajstić information content (AvgIpc) is 2.85. The van der Waals surface area contributed by atoms with Gasteiger partial charge in [-0.2, -0.15) is 0 Å². The lowest BCUT2D eigenvalue weighted by Crippen LogP contribution is -2.24. The highest BCUT2D eigenvalue weighted by molar-refractivity contribution is 5.88. The number of carboxylic acid groups (broad SMARTS) is 1. The van der Waals surface area contributed by atoms with Gasteiger partial charge >= 0.3 is 11.9 Å². The molecule has 1 unspecified atom stereocenters. The van der Waals surface area contributed by atoms with Gasteiger partial charge in [-0.15, -0.1) is 0 Å². The monoisotopic (exact) mass is 486 g/mol. The number of carbonyl (C=O) groups excluding carboxylic acids is 1. The third-order valence-electron chi connectivity index (χ3n) is 5.80. The Labute approximate surface area is 208 Å². The summed E-state index contributed by atoms with van der Waals surface area (Å²) in [5, 5.41) is 9.27. The van der Waals surface area contributed by atoms with Crippen LogP contribution in [0.15, 0.2) is 24.3 Å². The van der Waals surface area contributed by atoms with E-state index < -0.39 is 17.4 Å². The molecular formula is C28H38O7. The highest BCUT2D eigenvalue weighted by Gasteiger charge is 2.26. The van der Waals surface area contributed by atoms with Crippen molar-refractivity contribution < 1.29 is 33.6 Å². The number of esters is 1. The van der Waals surface area contributed by atoms with E-state index in [-0.39, 0.29) is 6.29 Å². The molecule has 1 aliphatic heterocycles. The molecule has 0 radical (unpaired) electrons. The normalized spacial score (nSPS) is 15.9. The molecule has 1 aliphatic rings. The Morgan fingerprint density at radius 3 is 2.74 bits per heavy atom. The number of carbonyl (C=O) groups is 2. The second kappa shape index (κ2) is 15.2. The molecule has 1 N–H and O–H groups in total. The standard InChI is InChI=1S/C28H38O7/c1-28(2,27(30)31)18-11-21-33-24-14-10-13-22(23(24)16-17-25(29)32-3)12-6-4-5-8-19-34-26-15-7-9-20-35-26/h10,13-14,16-17,26H,4-5,7-9,11,15,18-21H2,1-3H3,(H,30,31)/b17-16+. The first-order chi connectivity index (χ1) is 16.8. The van der Waals surface area contributed by atoms with Crippen LogP contribution >= 0.6 is 0 Å². The number of hydrogen-bond donors (Lipinski definition) is 1. The third-order valence-corrected chi connectivity index (χ3v) is 5.80. The largest absolute Gasteiger partial charge is 0.493 e. The van der Waals surface area contributed by atoms with Crippen molar-refractivity contribution in [3.8, 4) is 17.6 Å². The van der Waals surface area contributed by atoms with Crippen LogP contribution in [-0.4, -0.2) is 50.3 Å². The Morgan fingerprint density at radius 2 is 2.03 bits per heavy atom. The first-order valence-electron chi connectivity index (χ1n) is 12.3. The number of unbranched alkanes of at least 4 members (excludes halogenated alkanes) is 2. The lowest BCUT2D eigenvalue weighted by Gasteiger charge is -2.22. The minimum Gasteiger partial charge on any atom is -0.493 e. The fourth-order valence-electron chi connectivity index (χ4n) is 3.50. The summed E-state index contributed by atoms with van der Waals surface area (Å²) in [6, 6.07) is 5.55. The van der Waals surface area contributed by atoms with E-state index >= 15 is 0 Å². The summed E-state index contributed by atoms with van der Waals surface area (Å²) >= 11 is 0. The Hall–Kier alpha value is -2.82. The van der Waals surface area contributed by atoms with E-state index in [2.05, 4.69) is 11.8 Å². The fourth-order valence-corrected chi connectivity index (χ4v) is 3.50. The maximum Gasteiger partial charge on any atom is 0.330 e. The van der Waals surface area contributed by atoms with E-state index in [4.69, 9.17) is 18.9 Å². The van der Waals surface area contributed by atoms with E-state index in [1.807, 2.05) is 18.2 Å². The molecule has 1 aromatic rings. The van der Waals surface area contributed by atoms with Crippen molar-refractivity contribution in [2.75, 3.05) is 26.9 Å². The highest BCUT2D eigenvalue weighted by atomic mass is 16.7. The molecule has 0 saturated carbocycles. The topological polar surface area (TPSA) is 91.3 Å². The molecule has 192 valence electrons. The van der Waals surface area contributed by atoms with Gasteiger partial charge in [-0.3, -0.25) is 4.79 Å². The zero-order chi connectivity index (χ0) is 25.5. The number of methoxy groups -OCH3 is 1. The SMILES string of the molecule is COC(=O)/C=C/c1c(C#CCCCCOC2CCCCO2)cccc1OCCCC(C)(C)C(=O)O. The summed E-state index contributed by atoms with van der Waals surface area (Å²) in [5.41, 5.74) is 0.639. The zero-order valence-corrected chi connectivity index (χ0v) is 21.1.